The highest BCUT2D eigenvalue weighted by Crippen LogP contribution is 2.34. The number of rotatable bonds is 5. The van der Waals surface area contributed by atoms with Crippen LogP contribution in [0.3, 0.4) is 0 Å². The van der Waals surface area contributed by atoms with Gasteiger partial charge in [0.2, 0.25) is 5.12 Å². The molecule has 25 heavy (non-hydrogen) atoms. The number of methoxy groups -OCH3 is 2. The quantitative estimate of drug-likeness (QED) is 0.719. The zero-order valence-corrected chi connectivity index (χ0v) is 15.5. The van der Waals surface area contributed by atoms with Gasteiger partial charge in [0.25, 0.3) is 0 Å². The summed E-state index contributed by atoms with van der Waals surface area (Å²) in [6.45, 7) is 0. The van der Waals surface area contributed by atoms with Crippen LogP contribution in [-0.2, 0) is 10.5 Å². The zero-order valence-electron chi connectivity index (χ0n) is 13.9. The molecular weight excluding hydrogens is 354 g/mol. The molecule has 2 aromatic carbocycles. The van der Waals surface area contributed by atoms with Crippen LogP contribution in [0.25, 0.3) is 6.08 Å². The van der Waals surface area contributed by atoms with E-state index >= 15 is 0 Å². The molecule has 128 valence electrons. The SMILES string of the molecule is COc1ccc(/C=C2\N=C(SCc3ccccc3)SC2=O)cc1OC. The lowest BCUT2D eigenvalue weighted by Gasteiger charge is -2.07. The second kappa shape index (κ2) is 8.27. The number of benzene rings is 2. The average molecular weight is 371 g/mol. The summed E-state index contributed by atoms with van der Waals surface area (Å²) in [5.41, 5.74) is 2.51. The fraction of sp³-hybridized carbons (Fsp3) is 0.158. The number of carbonyl (C=O) groups excluding carboxylic acids is 1. The Morgan fingerprint density at radius 1 is 1.08 bits per heavy atom. The first-order valence-electron chi connectivity index (χ1n) is 7.61. The van der Waals surface area contributed by atoms with Gasteiger partial charge in [-0.05, 0) is 41.1 Å². The van der Waals surface area contributed by atoms with E-state index in [1.807, 2.05) is 36.4 Å². The molecule has 0 unspecified atom stereocenters. The molecule has 6 heteroatoms. The van der Waals surface area contributed by atoms with Gasteiger partial charge in [-0.2, -0.15) is 0 Å². The summed E-state index contributed by atoms with van der Waals surface area (Å²) in [5.74, 6) is 2.07. The van der Waals surface area contributed by atoms with Crippen LogP contribution in [0.15, 0.2) is 59.2 Å². The Morgan fingerprint density at radius 2 is 1.84 bits per heavy atom. The summed E-state index contributed by atoms with van der Waals surface area (Å²) in [5, 5.41) is -0.0367. The normalized spacial score (nSPS) is 15.4. The molecule has 1 aliphatic heterocycles. The molecule has 0 aliphatic carbocycles. The minimum Gasteiger partial charge on any atom is -0.493 e. The van der Waals surface area contributed by atoms with E-state index in [1.165, 1.54) is 17.3 Å². The van der Waals surface area contributed by atoms with Gasteiger partial charge in [0, 0.05) is 5.75 Å². The third kappa shape index (κ3) is 4.46. The molecule has 0 spiro atoms. The van der Waals surface area contributed by atoms with Crippen LogP contribution in [0, 0.1) is 0 Å². The van der Waals surface area contributed by atoms with Crippen LogP contribution in [0.2, 0.25) is 0 Å². The largest absolute Gasteiger partial charge is 0.493 e. The smallest absolute Gasteiger partial charge is 0.244 e. The molecule has 1 aliphatic rings. The summed E-state index contributed by atoms with van der Waals surface area (Å²) < 4.78 is 11.3. The molecule has 0 saturated heterocycles. The molecule has 0 aromatic heterocycles. The summed E-state index contributed by atoms with van der Waals surface area (Å²) in [6, 6.07) is 15.6. The van der Waals surface area contributed by atoms with Crippen molar-refractivity contribution in [3.05, 3.63) is 65.4 Å². The third-order valence-corrected chi connectivity index (χ3v) is 5.60. The van der Waals surface area contributed by atoms with Crippen molar-refractivity contribution >= 4 is 39.1 Å². The molecular formula is C19H17NO3S2. The van der Waals surface area contributed by atoms with Gasteiger partial charge in [0.15, 0.2) is 11.5 Å². The Hall–Kier alpha value is -2.18. The molecule has 1 heterocycles. The van der Waals surface area contributed by atoms with Gasteiger partial charge in [-0.3, -0.25) is 4.79 Å². The highest BCUT2D eigenvalue weighted by atomic mass is 32.2. The van der Waals surface area contributed by atoms with Crippen molar-refractivity contribution in [3.63, 3.8) is 0 Å². The molecule has 3 rings (SSSR count). The highest BCUT2D eigenvalue weighted by molar-refractivity contribution is 8.45. The molecule has 0 saturated carbocycles. The van der Waals surface area contributed by atoms with Gasteiger partial charge < -0.3 is 9.47 Å². The summed E-state index contributed by atoms with van der Waals surface area (Å²) in [4.78, 5) is 16.6. The molecule has 0 fully saturated rings. The Kier molecular flexibility index (Phi) is 5.83. The van der Waals surface area contributed by atoms with Crippen LogP contribution in [0.4, 0.5) is 0 Å². The molecule has 0 N–H and O–H groups in total. The van der Waals surface area contributed by atoms with Crippen molar-refractivity contribution in [2.45, 2.75) is 5.75 Å². The highest BCUT2D eigenvalue weighted by Gasteiger charge is 2.22. The lowest BCUT2D eigenvalue weighted by atomic mass is 10.1. The van der Waals surface area contributed by atoms with Crippen LogP contribution < -0.4 is 9.47 Å². The molecule has 0 radical (unpaired) electrons. The van der Waals surface area contributed by atoms with Crippen LogP contribution >= 0.6 is 23.5 Å². The predicted molar refractivity (Wildman–Crippen MR) is 105 cm³/mol. The Bertz CT molecular complexity index is 832. The number of carbonyl (C=O) groups is 1. The summed E-state index contributed by atoms with van der Waals surface area (Å²) in [7, 11) is 3.18. The second-order valence-corrected chi connectivity index (χ2v) is 7.37. The summed E-state index contributed by atoms with van der Waals surface area (Å²) in [6.07, 6.45) is 1.77. The van der Waals surface area contributed by atoms with Crippen LogP contribution in [0.1, 0.15) is 11.1 Å². The maximum absolute atomic E-state index is 12.2. The zero-order chi connectivity index (χ0) is 17.6. The fourth-order valence-electron chi connectivity index (χ4n) is 2.27. The van der Waals surface area contributed by atoms with Crippen molar-refractivity contribution in [2.24, 2.45) is 4.99 Å². The Labute approximate surface area is 155 Å². The maximum Gasteiger partial charge on any atom is 0.244 e. The first-order chi connectivity index (χ1) is 12.2. The van der Waals surface area contributed by atoms with Crippen molar-refractivity contribution in [1.82, 2.24) is 0 Å². The maximum atomic E-state index is 12.2. The van der Waals surface area contributed by atoms with Gasteiger partial charge in [0.1, 0.15) is 10.1 Å². The monoisotopic (exact) mass is 371 g/mol. The minimum absolute atomic E-state index is 0.0367. The molecule has 0 amide bonds. The van der Waals surface area contributed by atoms with Crippen molar-refractivity contribution < 1.29 is 14.3 Å². The minimum atomic E-state index is -0.0367. The van der Waals surface area contributed by atoms with E-state index in [-0.39, 0.29) is 5.12 Å². The van der Waals surface area contributed by atoms with Gasteiger partial charge >= 0.3 is 0 Å². The van der Waals surface area contributed by atoms with Gasteiger partial charge in [-0.15, -0.1) is 0 Å². The first kappa shape index (κ1) is 17.6. The van der Waals surface area contributed by atoms with E-state index in [1.54, 1.807) is 32.1 Å². The van der Waals surface area contributed by atoms with Crippen molar-refractivity contribution in [2.75, 3.05) is 14.2 Å². The van der Waals surface area contributed by atoms with Gasteiger partial charge in [-0.1, -0.05) is 48.2 Å². The molecule has 2 aromatic rings. The predicted octanol–water partition coefficient (Wildman–Crippen LogP) is 4.61. The van der Waals surface area contributed by atoms with Crippen LogP contribution in [-0.4, -0.2) is 23.7 Å². The van der Waals surface area contributed by atoms with Gasteiger partial charge in [0.05, 0.1) is 14.2 Å². The number of ether oxygens (including phenoxy) is 2. The number of aliphatic imine (C=N–C) groups is 1. The fourth-order valence-corrected chi connectivity index (χ4v) is 4.07. The standard InChI is InChI=1S/C19H17NO3S2/c1-22-16-9-8-14(11-17(16)23-2)10-15-18(21)25-19(20-15)24-12-13-6-4-3-5-7-13/h3-11H,12H2,1-2H3/b15-10-. The number of hydrogen-bond acceptors (Lipinski definition) is 6. The van der Waals surface area contributed by atoms with Crippen LogP contribution in [0.5, 0.6) is 11.5 Å². The van der Waals surface area contributed by atoms with E-state index in [0.29, 0.717) is 17.2 Å². The first-order valence-corrected chi connectivity index (χ1v) is 9.41. The van der Waals surface area contributed by atoms with Gasteiger partial charge in [-0.25, -0.2) is 4.99 Å². The molecule has 0 atom stereocenters. The Balaban J connectivity index is 1.74. The van der Waals surface area contributed by atoms with Crippen molar-refractivity contribution in [1.29, 1.82) is 0 Å². The number of thioether (sulfide) groups is 2. The van der Waals surface area contributed by atoms with Crippen molar-refractivity contribution in [3.8, 4) is 11.5 Å². The lowest BCUT2D eigenvalue weighted by Crippen LogP contribution is -1.92. The molecule has 4 nitrogen and oxygen atoms in total. The average Bonchev–Trinajstić information content (AvgIpc) is 3.00. The van der Waals surface area contributed by atoms with E-state index in [9.17, 15) is 4.79 Å². The lowest BCUT2D eigenvalue weighted by molar-refractivity contribution is -0.107. The topological polar surface area (TPSA) is 47.9 Å². The van der Waals surface area contributed by atoms with E-state index < -0.39 is 0 Å². The Morgan fingerprint density at radius 3 is 2.56 bits per heavy atom. The molecule has 0 bridgehead atoms. The second-order valence-electron chi connectivity index (χ2n) is 5.19. The summed E-state index contributed by atoms with van der Waals surface area (Å²) >= 11 is 2.76. The van der Waals surface area contributed by atoms with E-state index in [0.717, 1.165) is 15.7 Å². The third-order valence-electron chi connectivity index (χ3n) is 3.52. The van der Waals surface area contributed by atoms with E-state index in [2.05, 4.69) is 17.1 Å². The number of hydrogen-bond donors (Lipinski definition) is 0. The van der Waals surface area contributed by atoms with E-state index in [4.69, 9.17) is 9.47 Å². The number of nitrogens with zero attached hydrogens (tertiary/aromatic N) is 1.